The Morgan fingerprint density at radius 2 is 2.00 bits per heavy atom. The van der Waals surface area contributed by atoms with Crippen molar-refractivity contribution in [1.82, 2.24) is 5.32 Å². The van der Waals surface area contributed by atoms with E-state index in [2.05, 4.69) is 5.32 Å². The number of rotatable bonds is 4. The molecule has 0 bridgehead atoms. The second-order valence-electron chi connectivity index (χ2n) is 3.04. The summed E-state index contributed by atoms with van der Waals surface area (Å²) < 4.78 is 0. The minimum Gasteiger partial charge on any atom is -0.479 e. The molecule has 0 saturated heterocycles. The molecule has 0 aliphatic carbocycles. The Hall–Kier alpha value is -1.59. The molecule has 1 atom stereocenters. The highest BCUT2D eigenvalue weighted by molar-refractivity contribution is 6.33. The van der Waals surface area contributed by atoms with Gasteiger partial charge in [0.05, 0.1) is 17.1 Å². The molecule has 1 aromatic rings. The van der Waals surface area contributed by atoms with Gasteiger partial charge < -0.3 is 15.5 Å². The van der Waals surface area contributed by atoms with Crippen molar-refractivity contribution in [2.75, 3.05) is 6.54 Å². The molecule has 0 heterocycles. The first-order chi connectivity index (χ1) is 7.52. The molecule has 5 nitrogen and oxygen atoms in total. The number of nitrogens with one attached hydrogen (secondary N) is 1. The van der Waals surface area contributed by atoms with E-state index in [0.717, 1.165) is 0 Å². The molecule has 0 aromatic heterocycles. The second-order valence-corrected chi connectivity index (χ2v) is 3.45. The first-order valence-corrected chi connectivity index (χ1v) is 4.83. The summed E-state index contributed by atoms with van der Waals surface area (Å²) in [7, 11) is 0. The molecule has 0 radical (unpaired) electrons. The fourth-order valence-corrected chi connectivity index (χ4v) is 1.24. The summed E-state index contributed by atoms with van der Waals surface area (Å²) in [6.07, 6.45) is -1.62. The number of aliphatic carboxylic acids is 1. The highest BCUT2D eigenvalue weighted by Gasteiger charge is 2.15. The molecule has 0 spiro atoms. The van der Waals surface area contributed by atoms with Crippen molar-refractivity contribution in [1.29, 1.82) is 0 Å². The van der Waals surface area contributed by atoms with Crippen LogP contribution in [0.3, 0.4) is 0 Å². The van der Waals surface area contributed by atoms with E-state index in [1.807, 2.05) is 0 Å². The second kappa shape index (κ2) is 5.48. The minimum absolute atomic E-state index is 0.238. The van der Waals surface area contributed by atoms with Gasteiger partial charge in [-0.2, -0.15) is 0 Å². The Morgan fingerprint density at radius 3 is 2.56 bits per heavy atom. The largest absolute Gasteiger partial charge is 0.479 e. The number of amides is 1. The van der Waals surface area contributed by atoms with Gasteiger partial charge in [0.2, 0.25) is 0 Å². The molecule has 0 aliphatic heterocycles. The molecule has 6 heteroatoms. The SMILES string of the molecule is O=C(NCC(O)C(=O)O)c1ccccc1Cl. The van der Waals surface area contributed by atoms with Gasteiger partial charge in [-0.1, -0.05) is 23.7 Å². The van der Waals surface area contributed by atoms with Crippen molar-refractivity contribution in [2.45, 2.75) is 6.10 Å². The normalized spacial score (nSPS) is 11.9. The maximum Gasteiger partial charge on any atom is 0.334 e. The van der Waals surface area contributed by atoms with E-state index in [-0.39, 0.29) is 17.1 Å². The van der Waals surface area contributed by atoms with Crippen molar-refractivity contribution >= 4 is 23.5 Å². The molecule has 1 unspecified atom stereocenters. The lowest BCUT2D eigenvalue weighted by molar-refractivity contribution is -0.146. The van der Waals surface area contributed by atoms with Crippen LogP contribution >= 0.6 is 11.6 Å². The fraction of sp³-hybridized carbons (Fsp3) is 0.200. The lowest BCUT2D eigenvalue weighted by Crippen LogP contribution is -2.36. The smallest absolute Gasteiger partial charge is 0.334 e. The average molecular weight is 244 g/mol. The number of halogens is 1. The zero-order valence-corrected chi connectivity index (χ0v) is 8.94. The number of carbonyl (C=O) groups is 2. The van der Waals surface area contributed by atoms with E-state index >= 15 is 0 Å². The molecule has 16 heavy (non-hydrogen) atoms. The number of hydrogen-bond donors (Lipinski definition) is 3. The van der Waals surface area contributed by atoms with E-state index in [9.17, 15) is 9.59 Å². The van der Waals surface area contributed by atoms with E-state index in [4.69, 9.17) is 21.8 Å². The molecule has 1 amide bonds. The van der Waals surface area contributed by atoms with Gasteiger partial charge >= 0.3 is 5.97 Å². The van der Waals surface area contributed by atoms with E-state index < -0.39 is 18.0 Å². The third-order valence-electron chi connectivity index (χ3n) is 1.86. The van der Waals surface area contributed by atoms with Gasteiger partial charge in [-0.3, -0.25) is 4.79 Å². The zero-order chi connectivity index (χ0) is 12.1. The summed E-state index contributed by atoms with van der Waals surface area (Å²) in [5.41, 5.74) is 0.238. The number of carboxylic acid groups (broad SMARTS) is 1. The third kappa shape index (κ3) is 3.22. The van der Waals surface area contributed by atoms with E-state index in [1.165, 1.54) is 6.07 Å². The molecule has 0 fully saturated rings. The summed E-state index contributed by atoms with van der Waals surface area (Å²) >= 11 is 5.76. The number of aliphatic hydroxyl groups excluding tert-OH is 1. The number of hydrogen-bond acceptors (Lipinski definition) is 3. The van der Waals surface area contributed by atoms with Gasteiger partial charge in [-0.25, -0.2) is 4.79 Å². The van der Waals surface area contributed by atoms with Gasteiger partial charge in [0.15, 0.2) is 6.10 Å². The number of carboxylic acids is 1. The first-order valence-electron chi connectivity index (χ1n) is 4.46. The van der Waals surface area contributed by atoms with Crippen molar-refractivity contribution < 1.29 is 19.8 Å². The maximum atomic E-state index is 11.5. The standard InChI is InChI=1S/C10H10ClNO4/c11-7-4-2-1-3-6(7)9(14)12-5-8(13)10(15)16/h1-4,8,13H,5H2,(H,12,14)(H,15,16). The molecule has 86 valence electrons. The van der Waals surface area contributed by atoms with Crippen molar-refractivity contribution in [2.24, 2.45) is 0 Å². The molecule has 3 N–H and O–H groups in total. The monoisotopic (exact) mass is 243 g/mol. The Bertz CT molecular complexity index is 408. The highest BCUT2D eigenvalue weighted by Crippen LogP contribution is 2.14. The number of carbonyl (C=O) groups excluding carboxylic acids is 1. The highest BCUT2D eigenvalue weighted by atomic mass is 35.5. The Balaban J connectivity index is 2.60. The van der Waals surface area contributed by atoms with Gasteiger partial charge in [-0.05, 0) is 12.1 Å². The van der Waals surface area contributed by atoms with Crippen LogP contribution in [-0.4, -0.2) is 34.7 Å². The minimum atomic E-state index is -1.62. The van der Waals surface area contributed by atoms with Crippen LogP contribution in [0.5, 0.6) is 0 Å². The summed E-state index contributed by atoms with van der Waals surface area (Å²) in [5.74, 6) is -1.91. The summed E-state index contributed by atoms with van der Waals surface area (Å²) in [6.45, 7) is -0.362. The van der Waals surface area contributed by atoms with Crippen LogP contribution in [0.15, 0.2) is 24.3 Å². The van der Waals surface area contributed by atoms with Gasteiger partial charge in [-0.15, -0.1) is 0 Å². The van der Waals surface area contributed by atoms with Crippen molar-refractivity contribution in [3.8, 4) is 0 Å². The van der Waals surface area contributed by atoms with E-state index in [1.54, 1.807) is 18.2 Å². The van der Waals surface area contributed by atoms with Gasteiger partial charge in [0.1, 0.15) is 0 Å². The molecule has 1 rings (SSSR count). The van der Waals surface area contributed by atoms with Crippen LogP contribution in [0.2, 0.25) is 5.02 Å². The van der Waals surface area contributed by atoms with Crippen LogP contribution in [0.4, 0.5) is 0 Å². The predicted molar refractivity (Wildman–Crippen MR) is 57.4 cm³/mol. The fourth-order valence-electron chi connectivity index (χ4n) is 1.02. The van der Waals surface area contributed by atoms with Crippen molar-refractivity contribution in [3.05, 3.63) is 34.9 Å². The van der Waals surface area contributed by atoms with Gasteiger partial charge in [0, 0.05) is 0 Å². The van der Waals surface area contributed by atoms with E-state index in [0.29, 0.717) is 0 Å². The Labute approximate surface area is 96.7 Å². The van der Waals surface area contributed by atoms with Gasteiger partial charge in [0.25, 0.3) is 5.91 Å². The average Bonchev–Trinajstić information content (AvgIpc) is 2.25. The Morgan fingerprint density at radius 1 is 1.38 bits per heavy atom. The van der Waals surface area contributed by atoms with Crippen LogP contribution in [-0.2, 0) is 4.79 Å². The van der Waals surface area contributed by atoms with Crippen LogP contribution in [0.25, 0.3) is 0 Å². The summed E-state index contributed by atoms with van der Waals surface area (Å²) in [5, 5.41) is 19.9. The van der Waals surface area contributed by atoms with Crippen LogP contribution < -0.4 is 5.32 Å². The number of benzene rings is 1. The van der Waals surface area contributed by atoms with Crippen molar-refractivity contribution in [3.63, 3.8) is 0 Å². The van der Waals surface area contributed by atoms with Crippen LogP contribution in [0.1, 0.15) is 10.4 Å². The maximum absolute atomic E-state index is 11.5. The third-order valence-corrected chi connectivity index (χ3v) is 2.19. The first kappa shape index (κ1) is 12.5. The summed E-state index contributed by atoms with van der Waals surface area (Å²) in [6, 6.07) is 6.36. The quantitative estimate of drug-likeness (QED) is 0.719. The number of aliphatic hydroxyl groups is 1. The Kier molecular flexibility index (Phi) is 4.28. The molecule has 0 aliphatic rings. The molecule has 1 aromatic carbocycles. The summed E-state index contributed by atoms with van der Waals surface area (Å²) in [4.78, 5) is 21.8. The topological polar surface area (TPSA) is 86.6 Å². The molecular weight excluding hydrogens is 234 g/mol. The predicted octanol–water partition coefficient (Wildman–Crippen LogP) is 0.515. The lowest BCUT2D eigenvalue weighted by atomic mass is 10.2. The lowest BCUT2D eigenvalue weighted by Gasteiger charge is -2.08. The van der Waals surface area contributed by atoms with Crippen LogP contribution in [0, 0.1) is 0 Å². The molecular formula is C10H10ClNO4. The zero-order valence-electron chi connectivity index (χ0n) is 8.18. The molecule has 0 saturated carbocycles.